The van der Waals surface area contributed by atoms with Crippen molar-refractivity contribution in [3.63, 3.8) is 0 Å². The van der Waals surface area contributed by atoms with Gasteiger partial charge in [-0.25, -0.2) is 0 Å². The molecule has 1 saturated heterocycles. The number of likely N-dealkylation sites (tertiary alicyclic amines) is 1. The van der Waals surface area contributed by atoms with Crippen LogP contribution in [-0.2, 0) is 6.54 Å². The van der Waals surface area contributed by atoms with Crippen LogP contribution in [0.15, 0.2) is 24.5 Å². The summed E-state index contributed by atoms with van der Waals surface area (Å²) in [4.78, 5) is 6.50. The van der Waals surface area contributed by atoms with Crippen LogP contribution in [0.1, 0.15) is 18.4 Å². The maximum Gasteiger partial charge on any atom is 0.0312 e. The van der Waals surface area contributed by atoms with Gasteiger partial charge in [-0.2, -0.15) is 0 Å². The van der Waals surface area contributed by atoms with E-state index in [9.17, 15) is 0 Å². The number of nitrogens with zero attached hydrogens (tertiary/aromatic N) is 2. The first-order valence-electron chi connectivity index (χ1n) is 5.65. The predicted octanol–water partition coefficient (Wildman–Crippen LogP) is 1.27. The van der Waals surface area contributed by atoms with Gasteiger partial charge < -0.3 is 10.2 Å². The summed E-state index contributed by atoms with van der Waals surface area (Å²) in [6.45, 7) is 3.37. The van der Waals surface area contributed by atoms with Gasteiger partial charge in [0.2, 0.25) is 0 Å². The van der Waals surface area contributed by atoms with Gasteiger partial charge in [-0.3, -0.25) is 4.98 Å². The van der Waals surface area contributed by atoms with Gasteiger partial charge in [0.1, 0.15) is 0 Å². The molecule has 0 spiro atoms. The van der Waals surface area contributed by atoms with E-state index in [-0.39, 0.29) is 0 Å². The van der Waals surface area contributed by atoms with Crippen molar-refractivity contribution in [2.24, 2.45) is 0 Å². The van der Waals surface area contributed by atoms with Crippen LogP contribution >= 0.6 is 0 Å². The monoisotopic (exact) mass is 205 g/mol. The Morgan fingerprint density at radius 2 is 2.27 bits per heavy atom. The highest BCUT2D eigenvalue weighted by molar-refractivity contribution is 5.08. The van der Waals surface area contributed by atoms with E-state index < -0.39 is 0 Å². The molecule has 0 aromatic carbocycles. The standard InChI is InChI=1S/C12H19N3/c1-15-7-4-12(5-8-15)14-10-11-3-2-6-13-9-11/h2-3,6,9,12,14H,4-5,7-8,10H2,1H3. The third-order valence-electron chi connectivity index (χ3n) is 3.04. The smallest absolute Gasteiger partial charge is 0.0312 e. The van der Waals surface area contributed by atoms with E-state index in [1.165, 1.54) is 31.5 Å². The lowest BCUT2D eigenvalue weighted by molar-refractivity contribution is 0.234. The molecule has 0 unspecified atom stereocenters. The zero-order valence-corrected chi connectivity index (χ0v) is 9.32. The molecule has 1 aliphatic heterocycles. The van der Waals surface area contributed by atoms with Crippen LogP contribution in [0.5, 0.6) is 0 Å². The van der Waals surface area contributed by atoms with E-state index in [1.54, 1.807) is 0 Å². The molecule has 0 radical (unpaired) electrons. The summed E-state index contributed by atoms with van der Waals surface area (Å²) in [5.74, 6) is 0. The van der Waals surface area contributed by atoms with Crippen LogP contribution in [-0.4, -0.2) is 36.1 Å². The highest BCUT2D eigenvalue weighted by Gasteiger charge is 2.15. The average molecular weight is 205 g/mol. The Bertz CT molecular complexity index is 278. The molecular formula is C12H19N3. The summed E-state index contributed by atoms with van der Waals surface area (Å²) in [6, 6.07) is 4.79. The molecule has 0 saturated carbocycles. The van der Waals surface area contributed by atoms with E-state index in [4.69, 9.17) is 0 Å². The summed E-state index contributed by atoms with van der Waals surface area (Å²) < 4.78 is 0. The third kappa shape index (κ3) is 3.29. The number of pyridine rings is 1. The lowest BCUT2D eigenvalue weighted by Crippen LogP contribution is -2.40. The van der Waals surface area contributed by atoms with E-state index in [0.29, 0.717) is 6.04 Å². The number of piperidine rings is 1. The Kier molecular flexibility index (Phi) is 3.69. The predicted molar refractivity (Wildman–Crippen MR) is 61.6 cm³/mol. The summed E-state index contributed by atoms with van der Waals surface area (Å²) >= 11 is 0. The quantitative estimate of drug-likeness (QED) is 0.805. The van der Waals surface area contributed by atoms with Gasteiger partial charge in [0.15, 0.2) is 0 Å². The molecule has 0 aliphatic carbocycles. The SMILES string of the molecule is CN1CCC(NCc2cccnc2)CC1. The first kappa shape index (κ1) is 10.6. The van der Waals surface area contributed by atoms with Gasteiger partial charge in [0.25, 0.3) is 0 Å². The van der Waals surface area contributed by atoms with Crippen LogP contribution < -0.4 is 5.32 Å². The molecular weight excluding hydrogens is 186 g/mol. The number of hydrogen-bond donors (Lipinski definition) is 1. The van der Waals surface area contributed by atoms with Gasteiger partial charge in [-0.05, 0) is 44.6 Å². The second kappa shape index (κ2) is 5.24. The van der Waals surface area contributed by atoms with E-state index in [2.05, 4.69) is 28.3 Å². The molecule has 2 heterocycles. The molecule has 15 heavy (non-hydrogen) atoms. The molecule has 1 aromatic rings. The topological polar surface area (TPSA) is 28.2 Å². The van der Waals surface area contributed by atoms with Gasteiger partial charge >= 0.3 is 0 Å². The van der Waals surface area contributed by atoms with Crippen molar-refractivity contribution < 1.29 is 0 Å². The number of nitrogens with one attached hydrogen (secondary N) is 1. The van der Waals surface area contributed by atoms with Crippen molar-refractivity contribution in [3.8, 4) is 0 Å². The molecule has 1 N–H and O–H groups in total. The Balaban J connectivity index is 1.74. The third-order valence-corrected chi connectivity index (χ3v) is 3.04. The maximum absolute atomic E-state index is 4.11. The van der Waals surface area contributed by atoms with Gasteiger partial charge in [0.05, 0.1) is 0 Å². The van der Waals surface area contributed by atoms with Crippen LogP contribution in [0, 0.1) is 0 Å². The van der Waals surface area contributed by atoms with Crippen molar-refractivity contribution in [1.82, 2.24) is 15.2 Å². The fourth-order valence-corrected chi connectivity index (χ4v) is 1.98. The number of aromatic nitrogens is 1. The molecule has 1 aromatic heterocycles. The lowest BCUT2D eigenvalue weighted by atomic mass is 10.1. The van der Waals surface area contributed by atoms with Crippen LogP contribution in [0.2, 0.25) is 0 Å². The molecule has 1 fully saturated rings. The Labute approximate surface area is 91.5 Å². The molecule has 1 aliphatic rings. The van der Waals surface area contributed by atoms with Gasteiger partial charge in [-0.15, -0.1) is 0 Å². The summed E-state index contributed by atoms with van der Waals surface area (Å²) in [5, 5.41) is 3.59. The van der Waals surface area contributed by atoms with E-state index in [1.807, 2.05) is 18.5 Å². The Hall–Kier alpha value is -0.930. The van der Waals surface area contributed by atoms with Crippen molar-refractivity contribution in [1.29, 1.82) is 0 Å². The highest BCUT2D eigenvalue weighted by Crippen LogP contribution is 2.08. The van der Waals surface area contributed by atoms with E-state index >= 15 is 0 Å². The number of rotatable bonds is 3. The minimum Gasteiger partial charge on any atom is -0.310 e. The first-order valence-corrected chi connectivity index (χ1v) is 5.65. The van der Waals surface area contributed by atoms with Crippen LogP contribution in [0.25, 0.3) is 0 Å². The van der Waals surface area contributed by atoms with Crippen LogP contribution in [0.3, 0.4) is 0 Å². The second-order valence-electron chi connectivity index (χ2n) is 4.32. The molecule has 3 nitrogen and oxygen atoms in total. The zero-order chi connectivity index (χ0) is 10.5. The normalized spacial score (nSPS) is 19.3. The Morgan fingerprint density at radius 1 is 1.47 bits per heavy atom. The van der Waals surface area contributed by atoms with Gasteiger partial charge in [-0.1, -0.05) is 6.07 Å². The minimum atomic E-state index is 0.682. The van der Waals surface area contributed by atoms with Crippen molar-refractivity contribution in [2.45, 2.75) is 25.4 Å². The Morgan fingerprint density at radius 3 is 2.93 bits per heavy atom. The first-order chi connectivity index (χ1) is 7.34. The largest absolute Gasteiger partial charge is 0.310 e. The fraction of sp³-hybridized carbons (Fsp3) is 0.583. The molecule has 0 bridgehead atoms. The zero-order valence-electron chi connectivity index (χ0n) is 9.32. The van der Waals surface area contributed by atoms with Crippen molar-refractivity contribution in [2.75, 3.05) is 20.1 Å². The van der Waals surface area contributed by atoms with E-state index in [0.717, 1.165) is 6.54 Å². The summed E-state index contributed by atoms with van der Waals surface area (Å²) in [6.07, 6.45) is 6.27. The fourth-order valence-electron chi connectivity index (χ4n) is 1.98. The second-order valence-corrected chi connectivity index (χ2v) is 4.32. The number of hydrogen-bond acceptors (Lipinski definition) is 3. The minimum absolute atomic E-state index is 0.682. The summed E-state index contributed by atoms with van der Waals surface area (Å²) in [7, 11) is 2.19. The maximum atomic E-state index is 4.11. The molecule has 0 atom stereocenters. The summed E-state index contributed by atoms with van der Waals surface area (Å²) in [5.41, 5.74) is 1.27. The molecule has 3 heteroatoms. The molecule has 2 rings (SSSR count). The molecule has 82 valence electrons. The van der Waals surface area contributed by atoms with Crippen LogP contribution in [0.4, 0.5) is 0 Å². The molecule has 0 amide bonds. The van der Waals surface area contributed by atoms with Gasteiger partial charge in [0, 0.05) is 25.0 Å². The average Bonchev–Trinajstić information content (AvgIpc) is 2.30. The van der Waals surface area contributed by atoms with Crippen molar-refractivity contribution in [3.05, 3.63) is 30.1 Å². The van der Waals surface area contributed by atoms with Crippen molar-refractivity contribution >= 4 is 0 Å². The lowest BCUT2D eigenvalue weighted by Gasteiger charge is -2.29. The highest BCUT2D eigenvalue weighted by atomic mass is 15.1.